The van der Waals surface area contributed by atoms with Gasteiger partial charge in [-0.3, -0.25) is 0 Å². The van der Waals surface area contributed by atoms with Crippen molar-refractivity contribution in [3.05, 3.63) is 0 Å². The third-order valence-corrected chi connectivity index (χ3v) is 2.89. The van der Waals surface area contributed by atoms with Gasteiger partial charge in [-0.2, -0.15) is 0 Å². The Labute approximate surface area is 75.9 Å². The second-order valence-electron chi connectivity index (χ2n) is 4.70. The summed E-state index contributed by atoms with van der Waals surface area (Å²) in [6.45, 7) is 6.39. The number of nitrogens with two attached hydrogens (primary N) is 1. The zero-order chi connectivity index (χ0) is 9.03. The van der Waals surface area contributed by atoms with Crippen molar-refractivity contribution in [3.63, 3.8) is 0 Å². The van der Waals surface area contributed by atoms with Crippen molar-refractivity contribution in [3.8, 4) is 0 Å². The van der Waals surface area contributed by atoms with Gasteiger partial charge in [0.15, 0.2) is 0 Å². The molecule has 1 aliphatic rings. The van der Waals surface area contributed by atoms with E-state index >= 15 is 0 Å². The third kappa shape index (κ3) is 3.11. The first-order valence-electron chi connectivity index (χ1n) is 5.07. The molecule has 1 aliphatic carbocycles. The van der Waals surface area contributed by atoms with Crippen LogP contribution in [0.5, 0.6) is 0 Å². The van der Waals surface area contributed by atoms with E-state index in [1.807, 2.05) is 0 Å². The summed E-state index contributed by atoms with van der Waals surface area (Å²) in [6.07, 6.45) is 5.37. The molecule has 0 aromatic carbocycles. The molecule has 0 saturated heterocycles. The van der Waals surface area contributed by atoms with Crippen molar-refractivity contribution in [1.82, 2.24) is 5.32 Å². The van der Waals surface area contributed by atoms with E-state index in [4.69, 9.17) is 5.73 Å². The van der Waals surface area contributed by atoms with Crippen LogP contribution in [0.4, 0.5) is 0 Å². The van der Waals surface area contributed by atoms with Crippen molar-refractivity contribution in [2.24, 2.45) is 11.1 Å². The minimum absolute atomic E-state index is 0.316. The number of rotatable bonds is 5. The highest BCUT2D eigenvalue weighted by Crippen LogP contribution is 2.20. The first-order valence-corrected chi connectivity index (χ1v) is 5.07. The Morgan fingerprint density at radius 2 is 2.08 bits per heavy atom. The van der Waals surface area contributed by atoms with Crippen molar-refractivity contribution in [2.45, 2.75) is 45.6 Å². The fourth-order valence-corrected chi connectivity index (χ4v) is 1.33. The quantitative estimate of drug-likeness (QED) is 0.656. The van der Waals surface area contributed by atoms with E-state index < -0.39 is 0 Å². The number of hydrogen-bond donors (Lipinski definition) is 2. The summed E-state index contributed by atoms with van der Waals surface area (Å²) < 4.78 is 0. The third-order valence-electron chi connectivity index (χ3n) is 2.89. The zero-order valence-electron chi connectivity index (χ0n) is 8.40. The normalized spacial score (nSPS) is 19.2. The lowest BCUT2D eigenvalue weighted by molar-refractivity contribution is 0.292. The van der Waals surface area contributed by atoms with E-state index in [1.54, 1.807) is 0 Å². The second kappa shape index (κ2) is 4.24. The molecule has 2 nitrogen and oxygen atoms in total. The molecule has 1 rings (SSSR count). The van der Waals surface area contributed by atoms with Crippen LogP contribution in [0.3, 0.4) is 0 Å². The van der Waals surface area contributed by atoms with Crippen LogP contribution < -0.4 is 11.1 Å². The first kappa shape index (κ1) is 10.0. The molecule has 0 spiro atoms. The van der Waals surface area contributed by atoms with Gasteiger partial charge in [-0.1, -0.05) is 20.3 Å². The van der Waals surface area contributed by atoms with Crippen LogP contribution >= 0.6 is 0 Å². The highest BCUT2D eigenvalue weighted by atomic mass is 14.9. The van der Waals surface area contributed by atoms with E-state index in [-0.39, 0.29) is 0 Å². The molecule has 0 unspecified atom stereocenters. The zero-order valence-corrected chi connectivity index (χ0v) is 8.40. The maximum absolute atomic E-state index is 5.64. The Bertz CT molecular complexity index is 128. The predicted molar refractivity (Wildman–Crippen MR) is 53.1 cm³/mol. The molecule has 0 heterocycles. The Hall–Kier alpha value is -0.0800. The van der Waals surface area contributed by atoms with Gasteiger partial charge in [0, 0.05) is 6.04 Å². The SMILES string of the molecule is CC(C)(CN)CCNC1CCC1. The summed E-state index contributed by atoms with van der Waals surface area (Å²) in [7, 11) is 0. The molecule has 3 N–H and O–H groups in total. The fourth-order valence-electron chi connectivity index (χ4n) is 1.33. The Balaban J connectivity index is 2.00. The maximum Gasteiger partial charge on any atom is 0.00670 e. The van der Waals surface area contributed by atoms with Gasteiger partial charge in [-0.15, -0.1) is 0 Å². The largest absolute Gasteiger partial charge is 0.330 e. The maximum atomic E-state index is 5.64. The van der Waals surface area contributed by atoms with Crippen molar-refractivity contribution >= 4 is 0 Å². The molecule has 0 aromatic heterocycles. The lowest BCUT2D eigenvalue weighted by Gasteiger charge is -2.29. The van der Waals surface area contributed by atoms with E-state index in [0.717, 1.165) is 19.1 Å². The predicted octanol–water partition coefficient (Wildman–Crippen LogP) is 1.50. The van der Waals surface area contributed by atoms with Crippen molar-refractivity contribution in [1.29, 1.82) is 0 Å². The summed E-state index contributed by atoms with van der Waals surface area (Å²) in [4.78, 5) is 0. The Morgan fingerprint density at radius 3 is 2.50 bits per heavy atom. The molecule has 12 heavy (non-hydrogen) atoms. The van der Waals surface area contributed by atoms with Crippen molar-refractivity contribution in [2.75, 3.05) is 13.1 Å². The summed E-state index contributed by atoms with van der Waals surface area (Å²) >= 11 is 0. The molecule has 0 amide bonds. The average Bonchev–Trinajstić information content (AvgIpc) is 1.95. The van der Waals surface area contributed by atoms with Crippen LogP contribution in [-0.4, -0.2) is 19.1 Å². The summed E-state index contributed by atoms with van der Waals surface area (Å²) in [6, 6.07) is 0.818. The highest BCUT2D eigenvalue weighted by Gasteiger charge is 2.19. The van der Waals surface area contributed by atoms with Gasteiger partial charge in [0.25, 0.3) is 0 Å². The summed E-state index contributed by atoms with van der Waals surface area (Å²) in [5.74, 6) is 0. The van der Waals surface area contributed by atoms with E-state index in [9.17, 15) is 0 Å². The molecule has 1 fully saturated rings. The number of nitrogens with one attached hydrogen (secondary N) is 1. The van der Waals surface area contributed by atoms with Gasteiger partial charge in [0.2, 0.25) is 0 Å². The molecule has 0 aliphatic heterocycles. The molecule has 72 valence electrons. The first-order chi connectivity index (χ1) is 5.64. The van der Waals surface area contributed by atoms with Gasteiger partial charge >= 0.3 is 0 Å². The van der Waals surface area contributed by atoms with Gasteiger partial charge in [0.1, 0.15) is 0 Å². The minimum Gasteiger partial charge on any atom is -0.330 e. The summed E-state index contributed by atoms with van der Waals surface area (Å²) in [5, 5.41) is 3.55. The summed E-state index contributed by atoms with van der Waals surface area (Å²) in [5.41, 5.74) is 5.96. The molecule has 1 saturated carbocycles. The topological polar surface area (TPSA) is 38.0 Å². The van der Waals surface area contributed by atoms with Gasteiger partial charge in [-0.05, 0) is 37.8 Å². The fraction of sp³-hybridized carbons (Fsp3) is 1.00. The average molecular weight is 170 g/mol. The molecule has 0 aromatic rings. The van der Waals surface area contributed by atoms with Crippen LogP contribution in [0.2, 0.25) is 0 Å². The van der Waals surface area contributed by atoms with E-state index in [0.29, 0.717) is 5.41 Å². The smallest absolute Gasteiger partial charge is 0.00670 e. The van der Waals surface area contributed by atoms with Crippen LogP contribution in [0.1, 0.15) is 39.5 Å². The highest BCUT2D eigenvalue weighted by molar-refractivity contribution is 4.78. The van der Waals surface area contributed by atoms with Crippen LogP contribution in [0.15, 0.2) is 0 Å². The van der Waals surface area contributed by atoms with Crippen LogP contribution in [-0.2, 0) is 0 Å². The monoisotopic (exact) mass is 170 g/mol. The molecule has 0 bridgehead atoms. The second-order valence-corrected chi connectivity index (χ2v) is 4.70. The lowest BCUT2D eigenvalue weighted by Crippen LogP contribution is -2.38. The standard InChI is InChI=1S/C10H22N2/c1-10(2,8-11)6-7-12-9-4-3-5-9/h9,12H,3-8,11H2,1-2H3. The molecule has 0 atom stereocenters. The van der Waals surface area contributed by atoms with Gasteiger partial charge in [-0.25, -0.2) is 0 Å². The van der Waals surface area contributed by atoms with Crippen LogP contribution in [0.25, 0.3) is 0 Å². The van der Waals surface area contributed by atoms with E-state index in [1.165, 1.54) is 25.7 Å². The van der Waals surface area contributed by atoms with Crippen molar-refractivity contribution < 1.29 is 0 Å². The van der Waals surface area contributed by atoms with Crippen LogP contribution in [0, 0.1) is 5.41 Å². The lowest BCUT2D eigenvalue weighted by atomic mass is 9.88. The number of hydrogen-bond acceptors (Lipinski definition) is 2. The molecular formula is C10H22N2. The molecule has 0 radical (unpaired) electrons. The van der Waals surface area contributed by atoms with E-state index in [2.05, 4.69) is 19.2 Å². The minimum atomic E-state index is 0.316. The van der Waals surface area contributed by atoms with Gasteiger partial charge < -0.3 is 11.1 Å². The van der Waals surface area contributed by atoms with Gasteiger partial charge in [0.05, 0.1) is 0 Å². The molecular weight excluding hydrogens is 148 g/mol. The molecule has 2 heteroatoms. The Morgan fingerprint density at radius 1 is 1.42 bits per heavy atom. The Kier molecular flexibility index (Phi) is 3.53.